The van der Waals surface area contributed by atoms with Crippen molar-refractivity contribution in [3.8, 4) is 0 Å². The van der Waals surface area contributed by atoms with E-state index in [4.69, 9.17) is 10.2 Å². The maximum absolute atomic E-state index is 8.77. The van der Waals surface area contributed by atoms with Crippen LogP contribution in [0.15, 0.2) is 0 Å². The van der Waals surface area contributed by atoms with Gasteiger partial charge in [-0.05, 0) is 38.8 Å². The van der Waals surface area contributed by atoms with E-state index < -0.39 is 0 Å². The van der Waals surface area contributed by atoms with E-state index in [1.165, 1.54) is 180 Å². The Kier molecular flexibility index (Phi) is 33.8. The largest absolute Gasteiger partial charge is 0.396 e. The number of hydrogen-bond acceptors (Lipinski definition) is 3. The lowest BCUT2D eigenvalue weighted by molar-refractivity contribution is 0.282. The SMILES string of the molecule is OCCCCCCCCCCCCCCCCCCCCCCCCNCCCCCCCCO. The van der Waals surface area contributed by atoms with E-state index in [0.29, 0.717) is 13.2 Å². The highest BCUT2D eigenvalue weighted by Crippen LogP contribution is 2.15. The molecule has 3 N–H and O–H groups in total. The molecule has 3 nitrogen and oxygen atoms in total. The van der Waals surface area contributed by atoms with E-state index in [1.807, 2.05) is 0 Å². The molecule has 0 bridgehead atoms. The second kappa shape index (κ2) is 33.9. The summed E-state index contributed by atoms with van der Waals surface area (Å²) in [6.45, 7) is 3.12. The third-order valence-corrected chi connectivity index (χ3v) is 7.52. The zero-order valence-electron chi connectivity index (χ0n) is 24.0. The van der Waals surface area contributed by atoms with E-state index in [9.17, 15) is 0 Å². The summed E-state index contributed by atoms with van der Waals surface area (Å²) in [4.78, 5) is 0. The van der Waals surface area contributed by atoms with Crippen molar-refractivity contribution in [2.45, 2.75) is 180 Å². The molecule has 0 aliphatic rings. The van der Waals surface area contributed by atoms with Crippen molar-refractivity contribution in [1.29, 1.82) is 0 Å². The van der Waals surface area contributed by atoms with Gasteiger partial charge < -0.3 is 15.5 Å². The van der Waals surface area contributed by atoms with E-state index in [2.05, 4.69) is 5.32 Å². The van der Waals surface area contributed by atoms with Gasteiger partial charge in [0.25, 0.3) is 0 Å². The maximum atomic E-state index is 8.77. The van der Waals surface area contributed by atoms with Crippen molar-refractivity contribution in [3.05, 3.63) is 0 Å². The molecule has 0 aliphatic heterocycles. The minimum atomic E-state index is 0.359. The Balaban J connectivity index is 3.00. The minimum Gasteiger partial charge on any atom is -0.396 e. The molecule has 0 rings (SSSR count). The van der Waals surface area contributed by atoms with Crippen LogP contribution >= 0.6 is 0 Å². The van der Waals surface area contributed by atoms with E-state index in [1.54, 1.807) is 0 Å². The number of hydrogen-bond donors (Lipinski definition) is 3. The summed E-state index contributed by atoms with van der Waals surface area (Å²) in [6, 6.07) is 0. The van der Waals surface area contributed by atoms with Gasteiger partial charge in [-0.2, -0.15) is 0 Å². The molecule has 0 spiro atoms. The zero-order valence-corrected chi connectivity index (χ0v) is 24.0. The fourth-order valence-corrected chi connectivity index (χ4v) is 5.09. The molecule has 0 atom stereocenters. The monoisotopic (exact) mass is 498 g/mol. The van der Waals surface area contributed by atoms with Crippen LogP contribution in [-0.2, 0) is 0 Å². The molecule has 0 radical (unpaired) electrons. The Morgan fingerprint density at radius 2 is 0.400 bits per heavy atom. The first-order chi connectivity index (χ1) is 17.4. The van der Waals surface area contributed by atoms with Crippen molar-refractivity contribution in [3.63, 3.8) is 0 Å². The van der Waals surface area contributed by atoms with Gasteiger partial charge in [0.05, 0.1) is 0 Å². The van der Waals surface area contributed by atoms with Gasteiger partial charge in [-0.3, -0.25) is 0 Å². The van der Waals surface area contributed by atoms with Gasteiger partial charge in [-0.1, -0.05) is 154 Å². The smallest absolute Gasteiger partial charge is 0.0431 e. The summed E-state index contributed by atoms with van der Waals surface area (Å²) in [5.74, 6) is 0. The van der Waals surface area contributed by atoms with Gasteiger partial charge >= 0.3 is 0 Å². The molecule has 0 heterocycles. The molecular weight excluding hydrogens is 430 g/mol. The van der Waals surface area contributed by atoms with Gasteiger partial charge in [0.2, 0.25) is 0 Å². The van der Waals surface area contributed by atoms with Crippen LogP contribution < -0.4 is 5.32 Å². The lowest BCUT2D eigenvalue weighted by atomic mass is 10.0. The average molecular weight is 498 g/mol. The molecule has 212 valence electrons. The summed E-state index contributed by atoms with van der Waals surface area (Å²) in [7, 11) is 0. The number of unbranched alkanes of at least 4 members (excludes halogenated alkanes) is 26. The van der Waals surface area contributed by atoms with Crippen molar-refractivity contribution in [2.24, 2.45) is 0 Å². The van der Waals surface area contributed by atoms with Crippen LogP contribution in [0.2, 0.25) is 0 Å². The number of aliphatic hydroxyl groups is 2. The van der Waals surface area contributed by atoms with Gasteiger partial charge in [0, 0.05) is 13.2 Å². The van der Waals surface area contributed by atoms with E-state index in [-0.39, 0.29) is 0 Å². The number of aliphatic hydroxyl groups excluding tert-OH is 2. The predicted molar refractivity (Wildman–Crippen MR) is 156 cm³/mol. The average Bonchev–Trinajstić information content (AvgIpc) is 2.87. The van der Waals surface area contributed by atoms with Gasteiger partial charge in [-0.15, -0.1) is 0 Å². The Labute approximate surface area is 221 Å². The van der Waals surface area contributed by atoms with Crippen molar-refractivity contribution in [2.75, 3.05) is 26.3 Å². The zero-order chi connectivity index (χ0) is 25.3. The molecule has 0 aromatic heterocycles. The molecule has 3 heteroatoms. The van der Waals surface area contributed by atoms with Crippen LogP contribution in [-0.4, -0.2) is 36.5 Å². The van der Waals surface area contributed by atoms with E-state index >= 15 is 0 Å². The minimum absolute atomic E-state index is 0.359. The Morgan fingerprint density at radius 1 is 0.229 bits per heavy atom. The first kappa shape index (κ1) is 34.9. The number of nitrogens with one attached hydrogen (secondary N) is 1. The molecule has 0 aromatic carbocycles. The quantitative estimate of drug-likeness (QED) is 0.0811. The van der Waals surface area contributed by atoms with Crippen LogP contribution in [0.3, 0.4) is 0 Å². The highest BCUT2D eigenvalue weighted by atomic mass is 16.3. The summed E-state index contributed by atoms with van der Waals surface area (Å²) < 4.78 is 0. The first-order valence-electron chi connectivity index (χ1n) is 16.3. The highest BCUT2D eigenvalue weighted by molar-refractivity contribution is 4.53. The predicted octanol–water partition coefficient (Wildman–Crippen LogP) is 9.48. The van der Waals surface area contributed by atoms with E-state index in [0.717, 1.165) is 12.8 Å². The molecule has 0 unspecified atom stereocenters. The van der Waals surface area contributed by atoms with Crippen LogP contribution in [0.25, 0.3) is 0 Å². The normalized spacial score (nSPS) is 11.5. The molecule has 35 heavy (non-hydrogen) atoms. The fraction of sp³-hybridized carbons (Fsp3) is 1.00. The van der Waals surface area contributed by atoms with Crippen LogP contribution in [0.1, 0.15) is 180 Å². The van der Waals surface area contributed by atoms with Crippen molar-refractivity contribution >= 4 is 0 Å². The first-order valence-corrected chi connectivity index (χ1v) is 16.3. The van der Waals surface area contributed by atoms with Crippen molar-refractivity contribution in [1.82, 2.24) is 5.32 Å². The molecule has 0 saturated carbocycles. The molecule has 0 aliphatic carbocycles. The van der Waals surface area contributed by atoms with Gasteiger partial charge in [0.1, 0.15) is 0 Å². The Morgan fingerprint density at radius 3 is 0.600 bits per heavy atom. The standard InChI is InChI=1S/C32H67NO2/c34-31-27-23-19-16-14-12-10-8-6-4-2-1-3-5-7-9-11-13-15-17-21-25-29-33-30-26-22-18-20-24-28-32-35/h33-35H,1-32H2. The van der Waals surface area contributed by atoms with Crippen LogP contribution in [0.4, 0.5) is 0 Å². The van der Waals surface area contributed by atoms with Crippen LogP contribution in [0.5, 0.6) is 0 Å². The Bertz CT molecular complexity index is 318. The van der Waals surface area contributed by atoms with Gasteiger partial charge in [-0.25, -0.2) is 0 Å². The maximum Gasteiger partial charge on any atom is 0.0431 e. The fourth-order valence-electron chi connectivity index (χ4n) is 5.09. The summed E-state index contributed by atoms with van der Waals surface area (Å²) in [6.07, 6.45) is 38.2. The lowest BCUT2D eigenvalue weighted by Crippen LogP contribution is -2.16. The molecular formula is C32H67NO2. The molecule has 0 saturated heterocycles. The lowest BCUT2D eigenvalue weighted by Gasteiger charge is -2.05. The summed E-state index contributed by atoms with van der Waals surface area (Å²) >= 11 is 0. The second-order valence-electron chi connectivity index (χ2n) is 11.1. The Hall–Kier alpha value is -0.120. The number of rotatable bonds is 32. The van der Waals surface area contributed by atoms with Crippen LogP contribution in [0, 0.1) is 0 Å². The molecule has 0 fully saturated rings. The third kappa shape index (κ3) is 33.9. The molecule has 0 amide bonds. The van der Waals surface area contributed by atoms with Gasteiger partial charge in [0.15, 0.2) is 0 Å². The highest BCUT2D eigenvalue weighted by Gasteiger charge is 1.96. The molecule has 0 aromatic rings. The summed E-state index contributed by atoms with van der Waals surface area (Å²) in [5, 5.41) is 21.1. The topological polar surface area (TPSA) is 52.5 Å². The second-order valence-corrected chi connectivity index (χ2v) is 11.1. The summed E-state index contributed by atoms with van der Waals surface area (Å²) in [5.41, 5.74) is 0. The van der Waals surface area contributed by atoms with Crippen molar-refractivity contribution < 1.29 is 10.2 Å². The third-order valence-electron chi connectivity index (χ3n) is 7.52.